The van der Waals surface area contributed by atoms with Gasteiger partial charge in [-0.3, -0.25) is 0 Å². The third-order valence-corrected chi connectivity index (χ3v) is 3.30. The Balaban J connectivity index is 1.81. The highest BCUT2D eigenvalue weighted by Crippen LogP contribution is 2.14. The van der Waals surface area contributed by atoms with E-state index in [-0.39, 0.29) is 6.10 Å². The minimum Gasteiger partial charge on any atom is -0.491 e. The van der Waals surface area contributed by atoms with E-state index in [4.69, 9.17) is 17.0 Å². The summed E-state index contributed by atoms with van der Waals surface area (Å²) < 4.78 is 5.62. The summed E-state index contributed by atoms with van der Waals surface area (Å²) in [6.07, 6.45) is 0.190. The highest BCUT2D eigenvalue weighted by atomic mass is 32.1. The van der Waals surface area contributed by atoms with E-state index < -0.39 is 0 Å². The van der Waals surface area contributed by atoms with Gasteiger partial charge in [0.1, 0.15) is 5.75 Å². The molecule has 0 aliphatic carbocycles. The molecule has 116 valence electrons. The Kier molecular flexibility index (Phi) is 5.78. The molecule has 0 unspecified atom stereocenters. The van der Waals surface area contributed by atoms with E-state index in [9.17, 15) is 0 Å². The first-order valence-electron chi connectivity index (χ1n) is 7.40. The van der Waals surface area contributed by atoms with Crippen LogP contribution in [0, 0.1) is 6.92 Å². The number of benzene rings is 2. The summed E-state index contributed by atoms with van der Waals surface area (Å²) in [6, 6.07) is 16.2. The molecule has 0 amide bonds. The second kappa shape index (κ2) is 7.80. The van der Waals surface area contributed by atoms with Crippen LogP contribution in [0.15, 0.2) is 48.5 Å². The molecule has 2 aromatic carbocycles. The van der Waals surface area contributed by atoms with Gasteiger partial charge in [-0.2, -0.15) is 0 Å². The lowest BCUT2D eigenvalue weighted by molar-refractivity contribution is 0.242. The first-order chi connectivity index (χ1) is 10.5. The normalized spacial score (nSPS) is 10.4. The Morgan fingerprint density at radius 1 is 1.05 bits per heavy atom. The standard InChI is InChI=1S/C18H22N2OS/c1-13(2)21-17-10-6-15(7-11-17)12-19-18(22)20-16-8-4-14(3)5-9-16/h4-11,13H,12H2,1-3H3,(H2,19,20,22). The van der Waals surface area contributed by atoms with Crippen LogP contribution in [0.25, 0.3) is 0 Å². The van der Waals surface area contributed by atoms with Gasteiger partial charge >= 0.3 is 0 Å². The first-order valence-corrected chi connectivity index (χ1v) is 7.81. The fraction of sp³-hybridized carbons (Fsp3) is 0.278. The molecule has 2 aromatic rings. The third-order valence-electron chi connectivity index (χ3n) is 3.06. The topological polar surface area (TPSA) is 33.3 Å². The minimum atomic E-state index is 0.190. The quantitative estimate of drug-likeness (QED) is 0.808. The number of hydrogen-bond donors (Lipinski definition) is 2. The average molecular weight is 314 g/mol. The summed E-state index contributed by atoms with van der Waals surface area (Å²) in [5.74, 6) is 0.888. The van der Waals surface area contributed by atoms with Crippen molar-refractivity contribution in [3.63, 3.8) is 0 Å². The Morgan fingerprint density at radius 2 is 1.68 bits per heavy atom. The van der Waals surface area contributed by atoms with Crippen molar-refractivity contribution in [2.45, 2.75) is 33.4 Å². The maximum atomic E-state index is 5.62. The molecule has 0 atom stereocenters. The number of aryl methyl sites for hydroxylation is 1. The number of hydrogen-bond acceptors (Lipinski definition) is 2. The zero-order chi connectivity index (χ0) is 15.9. The highest BCUT2D eigenvalue weighted by Gasteiger charge is 2.00. The van der Waals surface area contributed by atoms with E-state index in [0.29, 0.717) is 11.7 Å². The molecule has 4 heteroatoms. The molecule has 2 rings (SSSR count). The Hall–Kier alpha value is -2.07. The van der Waals surface area contributed by atoms with Crippen LogP contribution in [-0.4, -0.2) is 11.2 Å². The zero-order valence-electron chi connectivity index (χ0n) is 13.2. The molecule has 0 aromatic heterocycles. The third kappa shape index (κ3) is 5.37. The molecule has 0 fully saturated rings. The molecule has 0 aliphatic rings. The predicted molar refractivity (Wildman–Crippen MR) is 96.4 cm³/mol. The zero-order valence-corrected chi connectivity index (χ0v) is 14.0. The lowest BCUT2D eigenvalue weighted by atomic mass is 10.2. The summed E-state index contributed by atoms with van der Waals surface area (Å²) in [6.45, 7) is 6.78. The summed E-state index contributed by atoms with van der Waals surface area (Å²) >= 11 is 5.30. The maximum absolute atomic E-state index is 5.62. The van der Waals surface area contributed by atoms with Gasteiger partial charge in [0.2, 0.25) is 0 Å². The molecule has 0 radical (unpaired) electrons. The molecule has 2 N–H and O–H groups in total. The lowest BCUT2D eigenvalue weighted by Crippen LogP contribution is -2.27. The van der Waals surface area contributed by atoms with Crippen molar-refractivity contribution in [3.05, 3.63) is 59.7 Å². The second-order valence-corrected chi connectivity index (χ2v) is 5.89. The molecule has 0 aliphatic heterocycles. The van der Waals surface area contributed by atoms with Crippen molar-refractivity contribution in [1.82, 2.24) is 5.32 Å². The van der Waals surface area contributed by atoms with Gasteiger partial charge in [-0.1, -0.05) is 29.8 Å². The van der Waals surface area contributed by atoms with Gasteiger partial charge in [-0.15, -0.1) is 0 Å². The van der Waals surface area contributed by atoms with Crippen LogP contribution in [-0.2, 0) is 6.54 Å². The van der Waals surface area contributed by atoms with Crippen LogP contribution >= 0.6 is 12.2 Å². The van der Waals surface area contributed by atoms with Gasteiger partial charge in [-0.25, -0.2) is 0 Å². The van der Waals surface area contributed by atoms with E-state index >= 15 is 0 Å². The van der Waals surface area contributed by atoms with E-state index in [1.54, 1.807) is 0 Å². The van der Waals surface area contributed by atoms with Gasteiger partial charge in [0.25, 0.3) is 0 Å². The molecule has 0 heterocycles. The molecule has 0 spiro atoms. The molecular weight excluding hydrogens is 292 g/mol. The number of anilines is 1. The van der Waals surface area contributed by atoms with Gasteiger partial charge < -0.3 is 15.4 Å². The fourth-order valence-electron chi connectivity index (χ4n) is 1.95. The lowest BCUT2D eigenvalue weighted by Gasteiger charge is -2.12. The molecule has 0 saturated carbocycles. The molecular formula is C18H22N2OS. The summed E-state index contributed by atoms with van der Waals surface area (Å²) in [7, 11) is 0. The summed E-state index contributed by atoms with van der Waals surface area (Å²) in [5.41, 5.74) is 3.38. The van der Waals surface area contributed by atoms with Gasteiger partial charge in [-0.05, 0) is 62.8 Å². The van der Waals surface area contributed by atoms with Crippen molar-refractivity contribution >= 4 is 23.0 Å². The number of nitrogens with one attached hydrogen (secondary N) is 2. The number of thiocarbonyl (C=S) groups is 1. The summed E-state index contributed by atoms with van der Waals surface area (Å²) in [4.78, 5) is 0. The van der Waals surface area contributed by atoms with Crippen LogP contribution in [0.3, 0.4) is 0 Å². The van der Waals surface area contributed by atoms with Crippen LogP contribution in [0.2, 0.25) is 0 Å². The van der Waals surface area contributed by atoms with Crippen molar-refractivity contribution in [1.29, 1.82) is 0 Å². The Bertz CT molecular complexity index is 606. The molecule has 0 saturated heterocycles. The SMILES string of the molecule is Cc1ccc(NC(=S)NCc2ccc(OC(C)C)cc2)cc1. The predicted octanol–water partition coefficient (Wildman–Crippen LogP) is 4.27. The smallest absolute Gasteiger partial charge is 0.171 e. The number of ether oxygens (including phenoxy) is 1. The van der Waals surface area contributed by atoms with Crippen LogP contribution in [0.4, 0.5) is 5.69 Å². The minimum absolute atomic E-state index is 0.190. The molecule has 22 heavy (non-hydrogen) atoms. The largest absolute Gasteiger partial charge is 0.491 e. The molecule has 0 bridgehead atoms. The van der Waals surface area contributed by atoms with Gasteiger partial charge in [0, 0.05) is 12.2 Å². The molecule has 3 nitrogen and oxygen atoms in total. The summed E-state index contributed by atoms with van der Waals surface area (Å²) in [5, 5.41) is 6.99. The van der Waals surface area contributed by atoms with Gasteiger partial charge in [0.15, 0.2) is 5.11 Å². The Morgan fingerprint density at radius 3 is 2.27 bits per heavy atom. The van der Waals surface area contributed by atoms with Crippen LogP contribution in [0.1, 0.15) is 25.0 Å². The second-order valence-electron chi connectivity index (χ2n) is 5.48. The average Bonchev–Trinajstić information content (AvgIpc) is 2.48. The van der Waals surface area contributed by atoms with E-state index in [1.807, 2.05) is 50.2 Å². The maximum Gasteiger partial charge on any atom is 0.171 e. The van der Waals surface area contributed by atoms with Gasteiger partial charge in [0.05, 0.1) is 6.10 Å². The van der Waals surface area contributed by atoms with Crippen molar-refractivity contribution < 1.29 is 4.74 Å². The van der Waals surface area contributed by atoms with Crippen LogP contribution in [0.5, 0.6) is 5.75 Å². The van der Waals surface area contributed by atoms with Crippen LogP contribution < -0.4 is 15.4 Å². The fourth-order valence-corrected chi connectivity index (χ4v) is 2.14. The van der Waals surface area contributed by atoms with Crippen molar-refractivity contribution in [2.75, 3.05) is 5.32 Å². The monoisotopic (exact) mass is 314 g/mol. The number of rotatable bonds is 5. The van der Waals surface area contributed by atoms with Crippen molar-refractivity contribution in [2.24, 2.45) is 0 Å². The first kappa shape index (κ1) is 16.3. The highest BCUT2D eigenvalue weighted by molar-refractivity contribution is 7.80. The van der Waals surface area contributed by atoms with E-state index in [1.165, 1.54) is 5.56 Å². The van der Waals surface area contributed by atoms with Crippen molar-refractivity contribution in [3.8, 4) is 5.75 Å². The van der Waals surface area contributed by atoms with E-state index in [2.05, 4.69) is 29.7 Å². The Labute approximate surface area is 137 Å². The van der Waals surface area contributed by atoms with E-state index in [0.717, 1.165) is 17.0 Å².